The second-order valence-corrected chi connectivity index (χ2v) is 6.83. The minimum atomic E-state index is -4.45. The number of benzene rings is 2. The minimum Gasteiger partial charge on any atom is -0.484 e. The van der Waals surface area contributed by atoms with Crippen LogP contribution in [0.5, 0.6) is 5.75 Å². The van der Waals surface area contributed by atoms with Gasteiger partial charge < -0.3 is 19.3 Å². The molecule has 1 aliphatic rings. The maximum atomic E-state index is 12.7. The number of hydrogen-bond acceptors (Lipinski definition) is 4. The van der Waals surface area contributed by atoms with E-state index >= 15 is 0 Å². The van der Waals surface area contributed by atoms with Crippen molar-refractivity contribution < 1.29 is 27.4 Å². The zero-order valence-corrected chi connectivity index (χ0v) is 16.1. The molecule has 2 aromatic carbocycles. The lowest BCUT2D eigenvalue weighted by Crippen LogP contribution is -2.36. The number of likely N-dealkylation sites (N-methyl/N-ethyl adjacent to an activating group) is 1. The lowest BCUT2D eigenvalue weighted by atomic mass is 10.1. The molecule has 1 saturated heterocycles. The lowest BCUT2D eigenvalue weighted by molar-refractivity contribution is -0.137. The molecule has 2 aromatic rings. The van der Waals surface area contributed by atoms with E-state index in [1.54, 1.807) is 7.05 Å². The summed E-state index contributed by atoms with van der Waals surface area (Å²) in [5.74, 6) is -0.309. The van der Waals surface area contributed by atoms with Gasteiger partial charge in [-0.3, -0.25) is 4.79 Å². The van der Waals surface area contributed by atoms with Crippen LogP contribution in [-0.2, 0) is 22.3 Å². The molecule has 8 heteroatoms. The number of hydrogen-bond donors (Lipinski definition) is 0. The molecule has 0 unspecified atom stereocenters. The van der Waals surface area contributed by atoms with Crippen molar-refractivity contribution in [3.63, 3.8) is 0 Å². The third-order valence-electron chi connectivity index (χ3n) is 4.68. The summed E-state index contributed by atoms with van der Waals surface area (Å²) >= 11 is 0. The summed E-state index contributed by atoms with van der Waals surface area (Å²) < 4.78 is 48.8. The number of carbonyl (C=O) groups is 1. The molecule has 5 nitrogen and oxygen atoms in total. The predicted octanol–water partition coefficient (Wildman–Crippen LogP) is 3.58. The minimum absolute atomic E-state index is 0.0106. The Balaban J connectivity index is 1.51. The third kappa shape index (κ3) is 5.87. The number of rotatable bonds is 6. The van der Waals surface area contributed by atoms with Gasteiger partial charge in [0.05, 0.1) is 18.8 Å². The predicted molar refractivity (Wildman–Crippen MR) is 103 cm³/mol. The van der Waals surface area contributed by atoms with Crippen LogP contribution < -0.4 is 9.64 Å². The van der Waals surface area contributed by atoms with Crippen molar-refractivity contribution in [2.45, 2.75) is 12.7 Å². The second-order valence-electron chi connectivity index (χ2n) is 6.83. The van der Waals surface area contributed by atoms with Crippen LogP contribution in [0.4, 0.5) is 18.9 Å². The number of carbonyl (C=O) groups excluding carboxylic acids is 1. The monoisotopic (exact) mass is 408 g/mol. The molecule has 0 spiro atoms. The van der Waals surface area contributed by atoms with Crippen molar-refractivity contribution in [1.29, 1.82) is 0 Å². The van der Waals surface area contributed by atoms with Crippen LogP contribution in [0.3, 0.4) is 0 Å². The number of morpholine rings is 1. The summed E-state index contributed by atoms with van der Waals surface area (Å²) in [5.41, 5.74) is 1.26. The molecule has 1 aliphatic heterocycles. The summed E-state index contributed by atoms with van der Waals surface area (Å²) in [6.45, 7) is 3.18. The maximum Gasteiger partial charge on any atom is 0.416 e. The van der Waals surface area contributed by atoms with Crippen molar-refractivity contribution in [2.24, 2.45) is 0 Å². The molecule has 0 aromatic heterocycles. The Bertz CT molecular complexity index is 819. The number of halogens is 3. The summed E-state index contributed by atoms with van der Waals surface area (Å²) in [7, 11) is 1.63. The van der Waals surface area contributed by atoms with Gasteiger partial charge in [0.25, 0.3) is 5.91 Å². The van der Waals surface area contributed by atoms with Crippen LogP contribution >= 0.6 is 0 Å². The van der Waals surface area contributed by atoms with E-state index in [1.807, 2.05) is 24.3 Å². The van der Waals surface area contributed by atoms with Gasteiger partial charge >= 0.3 is 6.18 Å². The fourth-order valence-electron chi connectivity index (χ4n) is 3.01. The van der Waals surface area contributed by atoms with Crippen LogP contribution in [-0.4, -0.2) is 50.8 Å². The first-order valence-corrected chi connectivity index (χ1v) is 9.28. The SMILES string of the molecule is CN(Cc1ccc(N2CCOCC2)cc1)C(=O)COc1cccc(C(F)(F)F)c1. The number of nitrogens with zero attached hydrogens (tertiary/aromatic N) is 2. The first-order chi connectivity index (χ1) is 13.8. The van der Waals surface area contributed by atoms with Crippen molar-refractivity contribution >= 4 is 11.6 Å². The van der Waals surface area contributed by atoms with E-state index in [-0.39, 0.29) is 18.3 Å². The van der Waals surface area contributed by atoms with Gasteiger partial charge in [0, 0.05) is 32.4 Å². The molecule has 29 heavy (non-hydrogen) atoms. The van der Waals surface area contributed by atoms with Crippen molar-refractivity contribution in [3.8, 4) is 5.75 Å². The van der Waals surface area contributed by atoms with Gasteiger partial charge in [0.2, 0.25) is 0 Å². The van der Waals surface area contributed by atoms with Crippen LogP contribution in [0.25, 0.3) is 0 Å². The van der Waals surface area contributed by atoms with Crippen molar-refractivity contribution in [3.05, 3.63) is 59.7 Å². The van der Waals surface area contributed by atoms with Gasteiger partial charge in [-0.2, -0.15) is 13.2 Å². The molecule has 1 fully saturated rings. The Kier molecular flexibility index (Phi) is 6.64. The fraction of sp³-hybridized carbons (Fsp3) is 0.381. The summed E-state index contributed by atoms with van der Waals surface area (Å²) in [5, 5.41) is 0. The van der Waals surface area contributed by atoms with E-state index in [0.717, 1.165) is 36.5 Å². The van der Waals surface area contributed by atoms with E-state index in [9.17, 15) is 18.0 Å². The first-order valence-electron chi connectivity index (χ1n) is 9.28. The highest BCUT2D eigenvalue weighted by molar-refractivity contribution is 5.77. The number of amides is 1. The quantitative estimate of drug-likeness (QED) is 0.733. The zero-order valence-electron chi connectivity index (χ0n) is 16.1. The number of alkyl halides is 3. The smallest absolute Gasteiger partial charge is 0.416 e. The normalized spacial score (nSPS) is 14.6. The third-order valence-corrected chi connectivity index (χ3v) is 4.68. The Morgan fingerprint density at radius 2 is 1.83 bits per heavy atom. The van der Waals surface area contributed by atoms with Gasteiger partial charge in [0.1, 0.15) is 5.75 Å². The molecule has 0 N–H and O–H groups in total. The Morgan fingerprint density at radius 1 is 1.14 bits per heavy atom. The summed E-state index contributed by atoms with van der Waals surface area (Å²) in [4.78, 5) is 16.0. The van der Waals surface area contributed by atoms with Crippen LogP contribution in [0.2, 0.25) is 0 Å². The highest BCUT2D eigenvalue weighted by atomic mass is 19.4. The molecular weight excluding hydrogens is 385 g/mol. The van der Waals surface area contributed by atoms with Crippen molar-refractivity contribution in [2.75, 3.05) is 44.9 Å². The molecule has 0 saturated carbocycles. The number of ether oxygens (including phenoxy) is 2. The van der Waals surface area contributed by atoms with E-state index in [2.05, 4.69) is 4.90 Å². The van der Waals surface area contributed by atoms with Gasteiger partial charge in [0.15, 0.2) is 6.61 Å². The molecular formula is C21H23F3N2O3. The lowest BCUT2D eigenvalue weighted by Gasteiger charge is -2.29. The van der Waals surface area contributed by atoms with Crippen LogP contribution in [0.15, 0.2) is 48.5 Å². The van der Waals surface area contributed by atoms with Gasteiger partial charge in [-0.15, -0.1) is 0 Å². The highest BCUT2D eigenvalue weighted by Gasteiger charge is 2.30. The molecule has 3 rings (SSSR count). The molecule has 0 bridgehead atoms. The molecule has 156 valence electrons. The largest absolute Gasteiger partial charge is 0.484 e. The Labute approximate surface area is 167 Å². The fourth-order valence-corrected chi connectivity index (χ4v) is 3.01. The first kappa shape index (κ1) is 21.0. The maximum absolute atomic E-state index is 12.7. The average molecular weight is 408 g/mol. The van der Waals surface area contributed by atoms with E-state index in [0.29, 0.717) is 19.8 Å². The second kappa shape index (κ2) is 9.17. The van der Waals surface area contributed by atoms with Crippen LogP contribution in [0, 0.1) is 0 Å². The standard InChI is InChI=1S/C21H23F3N2O3/c1-25(14-16-5-7-18(8-6-16)26-9-11-28-12-10-26)20(27)15-29-19-4-2-3-17(13-19)21(22,23)24/h2-8,13H,9-12,14-15H2,1H3. The Hall–Kier alpha value is -2.74. The average Bonchev–Trinajstić information content (AvgIpc) is 2.73. The van der Waals surface area contributed by atoms with E-state index in [4.69, 9.17) is 9.47 Å². The molecule has 0 aliphatic carbocycles. The molecule has 0 atom stereocenters. The molecule has 1 amide bonds. The molecule has 0 radical (unpaired) electrons. The molecule has 1 heterocycles. The van der Waals surface area contributed by atoms with E-state index < -0.39 is 11.7 Å². The van der Waals surface area contributed by atoms with Crippen LogP contribution in [0.1, 0.15) is 11.1 Å². The summed E-state index contributed by atoms with van der Waals surface area (Å²) in [6.07, 6.45) is -4.45. The highest BCUT2D eigenvalue weighted by Crippen LogP contribution is 2.31. The van der Waals surface area contributed by atoms with Gasteiger partial charge in [-0.05, 0) is 35.9 Å². The van der Waals surface area contributed by atoms with Crippen molar-refractivity contribution in [1.82, 2.24) is 4.90 Å². The Morgan fingerprint density at radius 3 is 2.48 bits per heavy atom. The topological polar surface area (TPSA) is 42.0 Å². The number of anilines is 1. The zero-order chi connectivity index (χ0) is 20.9. The summed E-state index contributed by atoms with van der Waals surface area (Å²) in [6, 6.07) is 12.4. The van der Waals surface area contributed by atoms with E-state index in [1.165, 1.54) is 17.0 Å². The van der Waals surface area contributed by atoms with Gasteiger partial charge in [-0.25, -0.2) is 0 Å². The van der Waals surface area contributed by atoms with Gasteiger partial charge in [-0.1, -0.05) is 18.2 Å².